The number of urea groups is 2. The topological polar surface area (TPSA) is 55.9 Å². The van der Waals surface area contributed by atoms with Crippen LogP contribution in [0.2, 0.25) is 5.02 Å². The maximum atomic E-state index is 12.9. The van der Waals surface area contributed by atoms with Gasteiger partial charge in [0, 0.05) is 38.8 Å². The number of piperidine rings is 1. The number of amides is 4. The second kappa shape index (κ2) is 9.18. The van der Waals surface area contributed by atoms with Gasteiger partial charge in [0.2, 0.25) is 0 Å². The van der Waals surface area contributed by atoms with Gasteiger partial charge in [-0.25, -0.2) is 9.59 Å². The lowest BCUT2D eigenvalue weighted by molar-refractivity contribution is 0.139. The molecule has 7 heteroatoms. The second-order valence-electron chi connectivity index (χ2n) is 8.51. The summed E-state index contributed by atoms with van der Waals surface area (Å²) in [7, 11) is 0. The first kappa shape index (κ1) is 21.5. The highest BCUT2D eigenvalue weighted by Crippen LogP contribution is 2.25. The standard InChI is InChI=1S/C24H29ClN4O2/c1-17-3-6-19(7-4-17)16-28-13-14-29(24(28)31)20-9-11-27(12-10-20)23(30)26-22-8-5-18(2)15-21(22)25/h3-8,15,20H,9-14,16H2,1-2H3,(H,26,30). The minimum Gasteiger partial charge on any atom is -0.324 e. The van der Waals surface area contributed by atoms with Crippen molar-refractivity contribution in [2.45, 2.75) is 39.3 Å². The third-order valence-electron chi connectivity index (χ3n) is 6.18. The van der Waals surface area contributed by atoms with Crippen LogP contribution in [0.15, 0.2) is 42.5 Å². The van der Waals surface area contributed by atoms with Gasteiger partial charge in [0.15, 0.2) is 0 Å². The Morgan fingerprint density at radius 3 is 2.35 bits per heavy atom. The zero-order chi connectivity index (χ0) is 22.0. The predicted molar refractivity (Wildman–Crippen MR) is 123 cm³/mol. The number of carbonyl (C=O) groups is 2. The summed E-state index contributed by atoms with van der Waals surface area (Å²) in [5, 5.41) is 3.45. The fraction of sp³-hybridized carbons (Fsp3) is 0.417. The van der Waals surface area contributed by atoms with E-state index in [1.54, 1.807) is 4.90 Å². The number of carbonyl (C=O) groups excluding carboxylic acids is 2. The van der Waals surface area contributed by atoms with Crippen molar-refractivity contribution in [2.24, 2.45) is 0 Å². The molecule has 164 valence electrons. The van der Waals surface area contributed by atoms with E-state index >= 15 is 0 Å². The van der Waals surface area contributed by atoms with Gasteiger partial charge in [0.1, 0.15) is 0 Å². The number of hydrogen-bond acceptors (Lipinski definition) is 2. The highest BCUT2D eigenvalue weighted by atomic mass is 35.5. The van der Waals surface area contributed by atoms with Gasteiger partial charge in [-0.1, -0.05) is 47.5 Å². The summed E-state index contributed by atoms with van der Waals surface area (Å²) in [5.74, 6) is 0. The molecule has 4 rings (SSSR count). The van der Waals surface area contributed by atoms with Crippen LogP contribution in [0.3, 0.4) is 0 Å². The van der Waals surface area contributed by atoms with Crippen molar-refractivity contribution < 1.29 is 9.59 Å². The van der Waals surface area contributed by atoms with Crippen molar-refractivity contribution in [3.63, 3.8) is 0 Å². The number of anilines is 1. The SMILES string of the molecule is Cc1ccc(CN2CCN(C3CCN(C(=O)Nc4ccc(C)cc4Cl)CC3)C2=O)cc1. The average molecular weight is 441 g/mol. The molecule has 2 aromatic carbocycles. The van der Waals surface area contributed by atoms with E-state index in [0.717, 1.165) is 37.1 Å². The third-order valence-corrected chi connectivity index (χ3v) is 6.49. The van der Waals surface area contributed by atoms with E-state index < -0.39 is 0 Å². The molecule has 0 aromatic heterocycles. The van der Waals surface area contributed by atoms with E-state index in [9.17, 15) is 9.59 Å². The van der Waals surface area contributed by atoms with Crippen LogP contribution in [0.5, 0.6) is 0 Å². The molecular weight excluding hydrogens is 412 g/mol. The Morgan fingerprint density at radius 2 is 1.68 bits per heavy atom. The number of nitrogens with zero attached hydrogens (tertiary/aromatic N) is 3. The van der Waals surface area contributed by atoms with Crippen molar-refractivity contribution in [1.29, 1.82) is 0 Å². The molecule has 2 fully saturated rings. The molecule has 0 radical (unpaired) electrons. The summed E-state index contributed by atoms with van der Waals surface area (Å²) in [5.41, 5.74) is 4.05. The van der Waals surface area contributed by atoms with Crippen molar-refractivity contribution in [3.8, 4) is 0 Å². The van der Waals surface area contributed by atoms with Crippen LogP contribution in [0.4, 0.5) is 15.3 Å². The number of rotatable bonds is 4. The van der Waals surface area contributed by atoms with E-state index in [1.165, 1.54) is 5.56 Å². The zero-order valence-corrected chi connectivity index (χ0v) is 18.9. The molecule has 0 unspecified atom stereocenters. The Kier molecular flexibility index (Phi) is 6.37. The lowest BCUT2D eigenvalue weighted by Crippen LogP contribution is -2.49. The maximum absolute atomic E-state index is 12.9. The monoisotopic (exact) mass is 440 g/mol. The van der Waals surface area contributed by atoms with E-state index in [2.05, 4.69) is 36.5 Å². The minimum atomic E-state index is -0.141. The van der Waals surface area contributed by atoms with Gasteiger partial charge in [0.25, 0.3) is 0 Å². The summed E-state index contributed by atoms with van der Waals surface area (Å²) < 4.78 is 0. The first-order valence-electron chi connectivity index (χ1n) is 10.8. The molecule has 1 N–H and O–H groups in total. The normalized spacial score (nSPS) is 17.4. The van der Waals surface area contributed by atoms with Gasteiger partial charge < -0.3 is 20.0 Å². The van der Waals surface area contributed by atoms with E-state index in [1.807, 2.05) is 34.9 Å². The minimum absolute atomic E-state index is 0.106. The molecule has 0 saturated carbocycles. The Labute approximate surface area is 188 Å². The van der Waals surface area contributed by atoms with Crippen LogP contribution >= 0.6 is 11.6 Å². The van der Waals surface area contributed by atoms with E-state index in [0.29, 0.717) is 30.3 Å². The van der Waals surface area contributed by atoms with Gasteiger partial charge in [0.05, 0.1) is 10.7 Å². The van der Waals surface area contributed by atoms with Crippen molar-refractivity contribution >= 4 is 29.4 Å². The smallest absolute Gasteiger partial charge is 0.321 e. The lowest BCUT2D eigenvalue weighted by Gasteiger charge is -2.36. The molecule has 0 bridgehead atoms. The first-order valence-corrected chi connectivity index (χ1v) is 11.2. The molecule has 2 aliphatic heterocycles. The molecule has 4 amide bonds. The predicted octanol–water partition coefficient (Wildman–Crippen LogP) is 4.89. The quantitative estimate of drug-likeness (QED) is 0.735. The zero-order valence-electron chi connectivity index (χ0n) is 18.1. The highest BCUT2D eigenvalue weighted by Gasteiger charge is 2.36. The molecule has 31 heavy (non-hydrogen) atoms. The molecule has 2 aliphatic rings. The summed E-state index contributed by atoms with van der Waals surface area (Å²) in [4.78, 5) is 31.3. The van der Waals surface area contributed by atoms with E-state index in [4.69, 9.17) is 11.6 Å². The Bertz CT molecular complexity index is 955. The average Bonchev–Trinajstić information content (AvgIpc) is 3.12. The molecule has 2 heterocycles. The van der Waals surface area contributed by atoms with Crippen molar-refractivity contribution in [2.75, 3.05) is 31.5 Å². The molecule has 0 spiro atoms. The molecule has 0 atom stereocenters. The number of likely N-dealkylation sites (tertiary alicyclic amines) is 1. The number of nitrogens with one attached hydrogen (secondary N) is 1. The molecule has 2 aromatic rings. The fourth-order valence-electron chi connectivity index (χ4n) is 4.30. The summed E-state index contributed by atoms with van der Waals surface area (Å²) >= 11 is 6.24. The van der Waals surface area contributed by atoms with Crippen LogP contribution in [0, 0.1) is 13.8 Å². The van der Waals surface area contributed by atoms with Gasteiger partial charge in [-0.2, -0.15) is 0 Å². The van der Waals surface area contributed by atoms with Gasteiger partial charge in [-0.15, -0.1) is 0 Å². The Morgan fingerprint density at radius 1 is 1.00 bits per heavy atom. The number of aryl methyl sites for hydroxylation is 2. The number of hydrogen-bond donors (Lipinski definition) is 1. The van der Waals surface area contributed by atoms with Gasteiger partial charge in [-0.3, -0.25) is 0 Å². The maximum Gasteiger partial charge on any atom is 0.321 e. The Hall–Kier alpha value is -2.73. The van der Waals surface area contributed by atoms with E-state index in [-0.39, 0.29) is 18.1 Å². The third kappa shape index (κ3) is 4.96. The van der Waals surface area contributed by atoms with Crippen LogP contribution in [0.1, 0.15) is 29.5 Å². The van der Waals surface area contributed by atoms with Crippen LogP contribution in [-0.4, -0.2) is 59.0 Å². The molecule has 0 aliphatic carbocycles. The summed E-state index contributed by atoms with van der Waals surface area (Å²) in [6, 6.07) is 14.1. The number of benzene rings is 2. The Balaban J connectivity index is 1.29. The fourth-order valence-corrected chi connectivity index (χ4v) is 4.58. The van der Waals surface area contributed by atoms with Gasteiger partial charge in [-0.05, 0) is 49.9 Å². The molecule has 2 saturated heterocycles. The first-order chi connectivity index (χ1) is 14.9. The van der Waals surface area contributed by atoms with Crippen LogP contribution < -0.4 is 5.32 Å². The van der Waals surface area contributed by atoms with Crippen molar-refractivity contribution in [3.05, 3.63) is 64.2 Å². The van der Waals surface area contributed by atoms with Gasteiger partial charge >= 0.3 is 12.1 Å². The number of halogens is 1. The van der Waals surface area contributed by atoms with Crippen LogP contribution in [0.25, 0.3) is 0 Å². The lowest BCUT2D eigenvalue weighted by atomic mass is 10.0. The molecule has 6 nitrogen and oxygen atoms in total. The summed E-state index contributed by atoms with van der Waals surface area (Å²) in [6.45, 7) is 7.43. The van der Waals surface area contributed by atoms with Crippen molar-refractivity contribution in [1.82, 2.24) is 14.7 Å². The summed E-state index contributed by atoms with van der Waals surface area (Å²) in [6.07, 6.45) is 1.58. The molecular formula is C24H29ClN4O2. The largest absolute Gasteiger partial charge is 0.324 e. The highest BCUT2D eigenvalue weighted by molar-refractivity contribution is 6.33. The van der Waals surface area contributed by atoms with Crippen LogP contribution in [-0.2, 0) is 6.54 Å². The second-order valence-corrected chi connectivity index (χ2v) is 8.92.